The second-order valence-corrected chi connectivity index (χ2v) is 4.60. The van der Waals surface area contributed by atoms with Crippen LogP contribution in [0.15, 0.2) is 0 Å². The van der Waals surface area contributed by atoms with Gasteiger partial charge in [0.15, 0.2) is 0 Å². The molecule has 17 heavy (non-hydrogen) atoms. The van der Waals surface area contributed by atoms with Crippen molar-refractivity contribution in [3.63, 3.8) is 0 Å². The highest BCUT2D eigenvalue weighted by Crippen LogP contribution is 2.09. The molecule has 1 atom stereocenters. The number of hydrogen-bond donors (Lipinski definition) is 3. The third-order valence-corrected chi connectivity index (χ3v) is 3.18. The molecule has 1 aliphatic rings. The summed E-state index contributed by atoms with van der Waals surface area (Å²) in [6, 6.07) is -0.446. The Morgan fingerprint density at radius 1 is 1.29 bits per heavy atom. The number of carbonyl (C=O) groups excluding carboxylic acids is 1. The van der Waals surface area contributed by atoms with E-state index in [0.29, 0.717) is 6.42 Å². The number of amides is 2. The van der Waals surface area contributed by atoms with Crippen LogP contribution in [0.25, 0.3) is 0 Å². The Morgan fingerprint density at radius 3 is 2.35 bits per heavy atom. The number of aliphatic carboxylic acids is 1. The largest absolute Gasteiger partial charge is 0.480 e. The van der Waals surface area contributed by atoms with Gasteiger partial charge in [0.05, 0.1) is 0 Å². The lowest BCUT2D eigenvalue weighted by Crippen LogP contribution is -2.58. The maximum atomic E-state index is 11.7. The van der Waals surface area contributed by atoms with Gasteiger partial charge in [-0.3, -0.25) is 5.43 Å². The third-order valence-electron chi connectivity index (χ3n) is 3.18. The van der Waals surface area contributed by atoms with Crippen molar-refractivity contribution in [1.82, 2.24) is 15.8 Å². The monoisotopic (exact) mass is 243 g/mol. The molecule has 6 nitrogen and oxygen atoms in total. The van der Waals surface area contributed by atoms with Crippen molar-refractivity contribution in [1.29, 1.82) is 0 Å². The number of nitrogens with one attached hydrogen (secondary N) is 2. The number of piperidine rings is 1. The maximum absolute atomic E-state index is 11.7. The summed E-state index contributed by atoms with van der Waals surface area (Å²) in [6.07, 6.45) is 3.64. The van der Waals surface area contributed by atoms with Crippen molar-refractivity contribution >= 4 is 12.0 Å². The molecule has 0 saturated carbocycles. The number of carboxylic acid groups (broad SMARTS) is 1. The van der Waals surface area contributed by atoms with Gasteiger partial charge in [-0.25, -0.2) is 14.6 Å². The normalized spacial score (nSPS) is 20.4. The minimum absolute atomic E-state index is 0.343. The average Bonchev–Trinajstić information content (AvgIpc) is 2.29. The quantitative estimate of drug-likeness (QED) is 0.686. The SMILES string of the molecule is CCC(C)(NC(=O)NN1CCCCC1)C(=O)O. The Kier molecular flexibility index (Phi) is 4.74. The summed E-state index contributed by atoms with van der Waals surface area (Å²) in [5.41, 5.74) is 1.48. The molecule has 0 aliphatic carbocycles. The first-order chi connectivity index (χ1) is 7.98. The molecule has 1 heterocycles. The Labute approximate surface area is 101 Å². The molecular weight excluding hydrogens is 222 g/mol. The van der Waals surface area contributed by atoms with Crippen LogP contribution in [0.4, 0.5) is 4.79 Å². The first kappa shape index (κ1) is 13.8. The van der Waals surface area contributed by atoms with E-state index in [2.05, 4.69) is 10.7 Å². The van der Waals surface area contributed by atoms with Gasteiger partial charge in [0.2, 0.25) is 0 Å². The van der Waals surface area contributed by atoms with E-state index in [9.17, 15) is 9.59 Å². The highest BCUT2D eigenvalue weighted by atomic mass is 16.4. The Morgan fingerprint density at radius 2 is 1.88 bits per heavy atom. The van der Waals surface area contributed by atoms with Crippen LogP contribution in [0.1, 0.15) is 39.5 Å². The summed E-state index contributed by atoms with van der Waals surface area (Å²) in [5.74, 6) is -1.02. The van der Waals surface area contributed by atoms with Crippen LogP contribution < -0.4 is 10.7 Å². The predicted molar refractivity (Wildman–Crippen MR) is 63.4 cm³/mol. The van der Waals surface area contributed by atoms with Gasteiger partial charge >= 0.3 is 12.0 Å². The van der Waals surface area contributed by atoms with Crippen LogP contribution in [0.3, 0.4) is 0 Å². The summed E-state index contributed by atoms with van der Waals surface area (Å²) >= 11 is 0. The van der Waals surface area contributed by atoms with Gasteiger partial charge in [-0.15, -0.1) is 0 Å². The Balaban J connectivity index is 2.44. The molecule has 6 heteroatoms. The average molecular weight is 243 g/mol. The highest BCUT2D eigenvalue weighted by Gasteiger charge is 2.33. The summed E-state index contributed by atoms with van der Waals surface area (Å²) < 4.78 is 0. The first-order valence-corrected chi connectivity index (χ1v) is 6.05. The summed E-state index contributed by atoms with van der Waals surface area (Å²) in [5, 5.41) is 13.4. The fraction of sp³-hybridized carbons (Fsp3) is 0.818. The zero-order valence-electron chi connectivity index (χ0n) is 10.5. The fourth-order valence-electron chi connectivity index (χ4n) is 1.72. The van der Waals surface area contributed by atoms with Crippen LogP contribution in [0.2, 0.25) is 0 Å². The van der Waals surface area contributed by atoms with Crippen LogP contribution in [-0.2, 0) is 4.79 Å². The van der Waals surface area contributed by atoms with Crippen molar-refractivity contribution in [2.45, 2.75) is 45.1 Å². The first-order valence-electron chi connectivity index (χ1n) is 6.05. The molecule has 98 valence electrons. The van der Waals surface area contributed by atoms with Gasteiger partial charge in [0.1, 0.15) is 5.54 Å². The van der Waals surface area contributed by atoms with Crippen LogP contribution in [-0.4, -0.2) is 40.7 Å². The zero-order chi connectivity index (χ0) is 12.9. The lowest BCUT2D eigenvalue weighted by atomic mass is 10.00. The lowest BCUT2D eigenvalue weighted by molar-refractivity contribution is -0.143. The molecule has 1 aliphatic heterocycles. The standard InChI is InChI=1S/C11H21N3O3/c1-3-11(2,9(15)16)12-10(17)13-14-7-5-4-6-8-14/h3-8H2,1-2H3,(H,15,16)(H2,12,13,17). The van der Waals surface area contributed by atoms with E-state index in [1.54, 1.807) is 6.92 Å². The van der Waals surface area contributed by atoms with E-state index >= 15 is 0 Å². The number of carboxylic acids is 1. The van der Waals surface area contributed by atoms with E-state index in [1.807, 2.05) is 5.01 Å². The van der Waals surface area contributed by atoms with E-state index in [1.165, 1.54) is 13.3 Å². The van der Waals surface area contributed by atoms with E-state index in [-0.39, 0.29) is 0 Å². The van der Waals surface area contributed by atoms with Gasteiger partial charge in [-0.2, -0.15) is 0 Å². The van der Waals surface area contributed by atoms with Gasteiger partial charge in [-0.05, 0) is 26.2 Å². The molecule has 1 fully saturated rings. The molecule has 1 saturated heterocycles. The molecule has 0 aromatic rings. The van der Waals surface area contributed by atoms with Crippen molar-refractivity contribution in [3.8, 4) is 0 Å². The fourth-order valence-corrected chi connectivity index (χ4v) is 1.72. The van der Waals surface area contributed by atoms with Crippen molar-refractivity contribution in [3.05, 3.63) is 0 Å². The van der Waals surface area contributed by atoms with Gasteiger partial charge in [0, 0.05) is 13.1 Å². The molecule has 1 rings (SSSR count). The predicted octanol–water partition coefficient (Wildman–Crippen LogP) is 0.940. The van der Waals surface area contributed by atoms with Crippen molar-refractivity contribution in [2.24, 2.45) is 0 Å². The molecule has 0 aromatic carbocycles. The van der Waals surface area contributed by atoms with Crippen LogP contribution >= 0.6 is 0 Å². The highest BCUT2D eigenvalue weighted by molar-refractivity contribution is 5.85. The maximum Gasteiger partial charge on any atom is 0.330 e. The molecule has 0 bridgehead atoms. The minimum atomic E-state index is -1.21. The van der Waals surface area contributed by atoms with E-state index in [0.717, 1.165) is 25.9 Å². The molecule has 2 amide bonds. The van der Waals surface area contributed by atoms with Gasteiger partial charge in [-0.1, -0.05) is 13.3 Å². The number of carbonyl (C=O) groups is 2. The number of hydrazine groups is 1. The third kappa shape index (κ3) is 3.89. The smallest absolute Gasteiger partial charge is 0.330 e. The second-order valence-electron chi connectivity index (χ2n) is 4.60. The summed E-state index contributed by atoms with van der Waals surface area (Å²) in [6.45, 7) is 4.88. The summed E-state index contributed by atoms with van der Waals surface area (Å²) in [4.78, 5) is 22.7. The number of nitrogens with zero attached hydrogens (tertiary/aromatic N) is 1. The summed E-state index contributed by atoms with van der Waals surface area (Å²) in [7, 11) is 0. The molecule has 0 spiro atoms. The molecule has 1 unspecified atom stereocenters. The lowest BCUT2D eigenvalue weighted by Gasteiger charge is -2.30. The molecule has 0 aromatic heterocycles. The minimum Gasteiger partial charge on any atom is -0.480 e. The topological polar surface area (TPSA) is 81.7 Å². The Bertz CT molecular complexity index is 290. The molecule has 3 N–H and O–H groups in total. The van der Waals surface area contributed by atoms with Crippen LogP contribution in [0.5, 0.6) is 0 Å². The second kappa shape index (κ2) is 5.86. The number of hydrogen-bond acceptors (Lipinski definition) is 3. The van der Waals surface area contributed by atoms with E-state index in [4.69, 9.17) is 5.11 Å². The van der Waals surface area contributed by atoms with Gasteiger partial charge in [0.25, 0.3) is 0 Å². The number of urea groups is 1. The zero-order valence-corrected chi connectivity index (χ0v) is 10.5. The van der Waals surface area contributed by atoms with Crippen LogP contribution in [0, 0.1) is 0 Å². The van der Waals surface area contributed by atoms with Crippen molar-refractivity contribution < 1.29 is 14.7 Å². The van der Waals surface area contributed by atoms with Crippen molar-refractivity contribution in [2.75, 3.05) is 13.1 Å². The molecule has 0 radical (unpaired) electrons. The van der Waals surface area contributed by atoms with E-state index < -0.39 is 17.5 Å². The molecular formula is C11H21N3O3. The number of rotatable bonds is 4. The van der Waals surface area contributed by atoms with Gasteiger partial charge < -0.3 is 10.4 Å². The Hall–Kier alpha value is -1.30.